The first-order valence-corrected chi connectivity index (χ1v) is 8.42. The van der Waals surface area contributed by atoms with Crippen molar-refractivity contribution in [1.82, 2.24) is 9.97 Å². The number of halogens is 1. The Bertz CT molecular complexity index is 436. The first-order chi connectivity index (χ1) is 9.61. The van der Waals surface area contributed by atoms with E-state index in [0.717, 1.165) is 47.7 Å². The van der Waals surface area contributed by atoms with E-state index in [1.165, 1.54) is 19.3 Å². The van der Waals surface area contributed by atoms with E-state index in [9.17, 15) is 0 Å². The van der Waals surface area contributed by atoms with Crippen molar-refractivity contribution in [2.75, 3.05) is 29.9 Å². The number of hydrogen-bond donors (Lipinski definition) is 1. The van der Waals surface area contributed by atoms with E-state index in [1.807, 2.05) is 6.20 Å². The predicted molar refractivity (Wildman–Crippen MR) is 88.3 cm³/mol. The minimum absolute atomic E-state index is 0.718. The molecule has 0 amide bonds. The molecule has 0 bridgehead atoms. The van der Waals surface area contributed by atoms with E-state index < -0.39 is 0 Å². The van der Waals surface area contributed by atoms with Crippen LogP contribution in [0.2, 0.25) is 0 Å². The van der Waals surface area contributed by atoms with E-state index in [0.29, 0.717) is 0 Å². The maximum absolute atomic E-state index is 4.65. The van der Waals surface area contributed by atoms with Gasteiger partial charge in [-0.2, -0.15) is 4.98 Å². The zero-order chi connectivity index (χ0) is 14.5. The molecule has 0 aromatic carbocycles. The predicted octanol–water partition coefficient (Wildman–Crippen LogP) is 3.93. The smallest absolute Gasteiger partial charge is 0.224 e. The largest absolute Gasteiger partial charge is 0.356 e. The van der Waals surface area contributed by atoms with Crippen molar-refractivity contribution in [2.45, 2.75) is 40.0 Å². The Morgan fingerprint density at radius 3 is 2.90 bits per heavy atom. The van der Waals surface area contributed by atoms with Gasteiger partial charge in [0.1, 0.15) is 5.82 Å². The quantitative estimate of drug-likeness (QED) is 0.901. The van der Waals surface area contributed by atoms with E-state index >= 15 is 0 Å². The molecule has 1 saturated heterocycles. The Labute approximate surface area is 130 Å². The van der Waals surface area contributed by atoms with Crippen molar-refractivity contribution in [1.29, 1.82) is 0 Å². The summed E-state index contributed by atoms with van der Waals surface area (Å²) >= 11 is 3.59. The van der Waals surface area contributed by atoms with Crippen LogP contribution in [0.25, 0.3) is 0 Å². The Hall–Kier alpha value is -0.840. The summed E-state index contributed by atoms with van der Waals surface area (Å²) < 4.78 is 0.988. The second-order valence-electron chi connectivity index (χ2n) is 5.82. The van der Waals surface area contributed by atoms with Gasteiger partial charge in [-0.15, -0.1) is 0 Å². The van der Waals surface area contributed by atoms with Crippen LogP contribution < -0.4 is 10.2 Å². The highest BCUT2D eigenvalue weighted by Gasteiger charge is 2.21. The van der Waals surface area contributed by atoms with E-state index in [2.05, 4.69) is 56.9 Å². The van der Waals surface area contributed by atoms with Gasteiger partial charge in [-0.3, -0.25) is 0 Å². The van der Waals surface area contributed by atoms with Crippen LogP contribution >= 0.6 is 15.9 Å². The summed E-state index contributed by atoms with van der Waals surface area (Å²) in [6, 6.07) is 0. The van der Waals surface area contributed by atoms with Crippen molar-refractivity contribution in [3.05, 3.63) is 10.7 Å². The second kappa shape index (κ2) is 7.25. The number of hydrogen-bond acceptors (Lipinski definition) is 4. The first kappa shape index (κ1) is 15.5. The van der Waals surface area contributed by atoms with Crippen molar-refractivity contribution in [2.24, 2.45) is 11.8 Å². The van der Waals surface area contributed by atoms with Crippen LogP contribution in [0.3, 0.4) is 0 Å². The molecule has 0 aliphatic carbocycles. The van der Waals surface area contributed by atoms with Gasteiger partial charge in [-0.25, -0.2) is 4.98 Å². The molecule has 1 atom stereocenters. The van der Waals surface area contributed by atoms with Crippen LogP contribution in [-0.2, 0) is 0 Å². The highest BCUT2D eigenvalue weighted by Crippen LogP contribution is 2.30. The standard InChI is InChI=1S/C15H25BrN4/c1-4-17-15-18-10-13(16)14(19-15)20-8-5-6-12(7-9-20)11(2)3/h10-12H,4-9H2,1-3H3,(H,17,18,19). The van der Waals surface area contributed by atoms with Gasteiger partial charge in [-0.05, 0) is 54.0 Å². The Balaban J connectivity index is 2.12. The maximum atomic E-state index is 4.65. The molecule has 1 aromatic rings. The molecular formula is C15H25BrN4. The van der Waals surface area contributed by atoms with E-state index in [4.69, 9.17) is 0 Å². The fraction of sp³-hybridized carbons (Fsp3) is 0.733. The summed E-state index contributed by atoms with van der Waals surface area (Å²) in [4.78, 5) is 11.3. The molecule has 1 fully saturated rings. The average molecular weight is 341 g/mol. The Kier molecular flexibility index (Phi) is 5.64. The van der Waals surface area contributed by atoms with Crippen LogP contribution in [-0.4, -0.2) is 29.6 Å². The highest BCUT2D eigenvalue weighted by molar-refractivity contribution is 9.10. The second-order valence-corrected chi connectivity index (χ2v) is 6.67. The highest BCUT2D eigenvalue weighted by atomic mass is 79.9. The summed E-state index contributed by atoms with van der Waals surface area (Å²) in [5.41, 5.74) is 0. The van der Waals surface area contributed by atoms with Crippen LogP contribution in [0.15, 0.2) is 10.7 Å². The third kappa shape index (κ3) is 3.84. The third-order valence-corrected chi connectivity index (χ3v) is 4.63. The van der Waals surface area contributed by atoms with Crippen LogP contribution in [0.5, 0.6) is 0 Å². The summed E-state index contributed by atoms with van der Waals surface area (Å²) in [6.45, 7) is 9.75. The van der Waals surface area contributed by atoms with Gasteiger partial charge >= 0.3 is 0 Å². The van der Waals surface area contributed by atoms with Gasteiger partial charge in [0.15, 0.2) is 0 Å². The molecule has 1 aliphatic rings. The lowest BCUT2D eigenvalue weighted by molar-refractivity contribution is 0.351. The molecule has 112 valence electrons. The number of nitrogens with one attached hydrogen (secondary N) is 1. The van der Waals surface area contributed by atoms with Crippen molar-refractivity contribution in [3.63, 3.8) is 0 Å². The SMILES string of the molecule is CCNc1ncc(Br)c(N2CCCC(C(C)C)CC2)n1. The Morgan fingerprint density at radius 1 is 1.40 bits per heavy atom. The molecule has 2 heterocycles. The number of nitrogens with zero attached hydrogens (tertiary/aromatic N) is 3. The molecule has 4 nitrogen and oxygen atoms in total. The molecule has 0 spiro atoms. The molecule has 20 heavy (non-hydrogen) atoms. The van der Waals surface area contributed by atoms with Gasteiger partial charge in [0.2, 0.25) is 5.95 Å². The topological polar surface area (TPSA) is 41.1 Å². The Morgan fingerprint density at radius 2 is 2.20 bits per heavy atom. The van der Waals surface area contributed by atoms with Crippen molar-refractivity contribution >= 4 is 27.7 Å². The number of aromatic nitrogens is 2. The van der Waals surface area contributed by atoms with E-state index in [1.54, 1.807) is 0 Å². The maximum Gasteiger partial charge on any atom is 0.224 e. The molecule has 1 aliphatic heterocycles. The molecule has 1 aromatic heterocycles. The zero-order valence-electron chi connectivity index (χ0n) is 12.7. The normalized spacial score (nSPS) is 20.1. The summed E-state index contributed by atoms with van der Waals surface area (Å²) in [7, 11) is 0. The third-order valence-electron chi connectivity index (χ3n) is 4.08. The molecule has 0 radical (unpaired) electrons. The first-order valence-electron chi connectivity index (χ1n) is 7.63. The van der Waals surface area contributed by atoms with Gasteiger partial charge in [-0.1, -0.05) is 13.8 Å². The summed E-state index contributed by atoms with van der Waals surface area (Å²) in [5.74, 6) is 3.37. The van der Waals surface area contributed by atoms with Gasteiger partial charge < -0.3 is 10.2 Å². The molecule has 5 heteroatoms. The zero-order valence-corrected chi connectivity index (χ0v) is 14.3. The number of rotatable bonds is 4. The van der Waals surface area contributed by atoms with Crippen LogP contribution in [0.1, 0.15) is 40.0 Å². The summed E-state index contributed by atoms with van der Waals surface area (Å²) in [6.07, 6.45) is 5.68. The minimum Gasteiger partial charge on any atom is -0.356 e. The van der Waals surface area contributed by atoms with E-state index in [-0.39, 0.29) is 0 Å². The average Bonchev–Trinajstić information content (AvgIpc) is 2.67. The lowest BCUT2D eigenvalue weighted by Crippen LogP contribution is -2.26. The van der Waals surface area contributed by atoms with Crippen molar-refractivity contribution < 1.29 is 0 Å². The molecule has 1 N–H and O–H groups in total. The molecule has 2 rings (SSSR count). The molecular weight excluding hydrogens is 316 g/mol. The lowest BCUT2D eigenvalue weighted by atomic mass is 9.89. The van der Waals surface area contributed by atoms with Crippen molar-refractivity contribution in [3.8, 4) is 0 Å². The minimum atomic E-state index is 0.718. The van der Waals surface area contributed by atoms with Gasteiger partial charge in [0.05, 0.1) is 4.47 Å². The van der Waals surface area contributed by atoms with Crippen LogP contribution in [0, 0.1) is 11.8 Å². The van der Waals surface area contributed by atoms with Gasteiger partial charge in [0, 0.05) is 25.8 Å². The van der Waals surface area contributed by atoms with Crippen LogP contribution in [0.4, 0.5) is 11.8 Å². The fourth-order valence-corrected chi connectivity index (χ4v) is 3.27. The molecule has 0 saturated carbocycles. The summed E-state index contributed by atoms with van der Waals surface area (Å²) in [5, 5.41) is 3.19. The van der Waals surface area contributed by atoms with Gasteiger partial charge in [0.25, 0.3) is 0 Å². The molecule has 1 unspecified atom stereocenters. The fourth-order valence-electron chi connectivity index (χ4n) is 2.82. The monoisotopic (exact) mass is 340 g/mol. The lowest BCUT2D eigenvalue weighted by Gasteiger charge is -2.23. The number of anilines is 2.